The molecule has 0 radical (unpaired) electrons. The van der Waals surface area contributed by atoms with Crippen molar-refractivity contribution in [2.24, 2.45) is 11.3 Å². The Balaban J connectivity index is 2.25. The zero-order valence-electron chi connectivity index (χ0n) is 8.04. The molecule has 2 atom stereocenters. The van der Waals surface area contributed by atoms with Crippen LogP contribution in [0.15, 0.2) is 30.3 Å². The Hall–Kier alpha value is -0.780. The van der Waals surface area contributed by atoms with Crippen molar-refractivity contribution in [2.45, 2.75) is 26.7 Å². The second kappa shape index (κ2) is 2.35. The summed E-state index contributed by atoms with van der Waals surface area (Å²) in [5.41, 5.74) is 2.04. The third-order valence-corrected chi connectivity index (χ3v) is 3.52. The molecule has 0 N–H and O–H groups in total. The minimum atomic E-state index is 0.529. The van der Waals surface area contributed by atoms with Crippen molar-refractivity contribution >= 4 is 0 Å². The van der Waals surface area contributed by atoms with E-state index in [0.717, 1.165) is 11.8 Å². The third-order valence-electron chi connectivity index (χ3n) is 3.52. The topological polar surface area (TPSA) is 0 Å². The highest BCUT2D eigenvalue weighted by atomic mass is 14.6. The van der Waals surface area contributed by atoms with Gasteiger partial charge in [0.2, 0.25) is 0 Å². The first-order valence-corrected chi connectivity index (χ1v) is 4.69. The molecule has 0 unspecified atom stereocenters. The fourth-order valence-corrected chi connectivity index (χ4v) is 2.27. The number of hydrogen-bond donors (Lipinski definition) is 0. The van der Waals surface area contributed by atoms with Gasteiger partial charge in [-0.3, -0.25) is 0 Å². The lowest BCUT2D eigenvalue weighted by atomic mass is 10.0. The van der Waals surface area contributed by atoms with Crippen LogP contribution in [0.2, 0.25) is 0 Å². The molecule has 12 heavy (non-hydrogen) atoms. The van der Waals surface area contributed by atoms with Crippen LogP contribution in [-0.2, 0) is 0 Å². The molecule has 0 aromatic heterocycles. The van der Waals surface area contributed by atoms with Crippen molar-refractivity contribution in [3.63, 3.8) is 0 Å². The zero-order valence-corrected chi connectivity index (χ0v) is 8.04. The van der Waals surface area contributed by atoms with E-state index in [4.69, 9.17) is 0 Å². The summed E-state index contributed by atoms with van der Waals surface area (Å²) in [5.74, 6) is 1.64. The van der Waals surface area contributed by atoms with Crippen LogP contribution in [0.5, 0.6) is 0 Å². The van der Waals surface area contributed by atoms with E-state index in [1.54, 1.807) is 0 Å². The summed E-state index contributed by atoms with van der Waals surface area (Å²) in [5, 5.41) is 0. The van der Waals surface area contributed by atoms with Gasteiger partial charge >= 0.3 is 0 Å². The monoisotopic (exact) mass is 160 g/mol. The van der Waals surface area contributed by atoms with E-state index in [2.05, 4.69) is 51.1 Å². The highest BCUT2D eigenvalue weighted by molar-refractivity contribution is 5.30. The van der Waals surface area contributed by atoms with Crippen LogP contribution in [0.4, 0.5) is 0 Å². The number of hydrogen-bond acceptors (Lipinski definition) is 0. The summed E-state index contributed by atoms with van der Waals surface area (Å²) in [6, 6.07) is 10.8. The molecule has 0 saturated heterocycles. The maximum absolute atomic E-state index is 2.36. The Morgan fingerprint density at radius 1 is 1.08 bits per heavy atom. The van der Waals surface area contributed by atoms with E-state index in [1.807, 2.05) is 0 Å². The van der Waals surface area contributed by atoms with E-state index >= 15 is 0 Å². The van der Waals surface area contributed by atoms with Gasteiger partial charge in [0, 0.05) is 0 Å². The maximum Gasteiger partial charge on any atom is -0.00768 e. The van der Waals surface area contributed by atoms with Gasteiger partial charge in [-0.2, -0.15) is 0 Å². The average molecular weight is 160 g/mol. The summed E-state index contributed by atoms with van der Waals surface area (Å²) in [7, 11) is 0. The van der Waals surface area contributed by atoms with Crippen molar-refractivity contribution in [1.29, 1.82) is 0 Å². The molecule has 1 aliphatic rings. The van der Waals surface area contributed by atoms with Gasteiger partial charge in [-0.05, 0) is 22.8 Å². The Kier molecular flexibility index (Phi) is 1.54. The van der Waals surface area contributed by atoms with E-state index in [1.165, 1.54) is 5.56 Å². The van der Waals surface area contributed by atoms with Gasteiger partial charge in [0.1, 0.15) is 0 Å². The predicted molar refractivity (Wildman–Crippen MR) is 52.1 cm³/mol. The van der Waals surface area contributed by atoms with Crippen LogP contribution < -0.4 is 0 Å². The first-order chi connectivity index (χ1) is 5.64. The summed E-state index contributed by atoms with van der Waals surface area (Å²) in [4.78, 5) is 0. The molecule has 64 valence electrons. The Labute approximate surface area is 74.6 Å². The van der Waals surface area contributed by atoms with Crippen molar-refractivity contribution in [3.05, 3.63) is 35.9 Å². The van der Waals surface area contributed by atoms with Gasteiger partial charge in [0.05, 0.1) is 0 Å². The highest BCUT2D eigenvalue weighted by Gasteiger charge is 2.54. The lowest BCUT2D eigenvalue weighted by molar-refractivity contribution is 0.575. The maximum atomic E-state index is 2.36. The van der Waals surface area contributed by atoms with Gasteiger partial charge in [-0.1, -0.05) is 51.1 Å². The van der Waals surface area contributed by atoms with Gasteiger partial charge in [-0.25, -0.2) is 0 Å². The molecule has 1 saturated carbocycles. The van der Waals surface area contributed by atoms with Gasteiger partial charge in [-0.15, -0.1) is 0 Å². The Bertz CT molecular complexity index is 271. The van der Waals surface area contributed by atoms with Gasteiger partial charge < -0.3 is 0 Å². The van der Waals surface area contributed by atoms with Crippen LogP contribution in [0.1, 0.15) is 32.3 Å². The summed E-state index contributed by atoms with van der Waals surface area (Å²) in [6.07, 6.45) is 0. The SMILES string of the molecule is C[C@H]1[C@H](c2ccccc2)C1(C)C. The quantitative estimate of drug-likeness (QED) is 0.590. The van der Waals surface area contributed by atoms with E-state index in [-0.39, 0.29) is 0 Å². The largest absolute Gasteiger partial charge is 0.0622 e. The lowest BCUT2D eigenvalue weighted by Crippen LogP contribution is -1.89. The Morgan fingerprint density at radius 2 is 1.58 bits per heavy atom. The first kappa shape index (κ1) is 7.85. The average Bonchev–Trinajstić information content (AvgIpc) is 2.53. The van der Waals surface area contributed by atoms with Crippen LogP contribution in [0.25, 0.3) is 0 Å². The molecular weight excluding hydrogens is 144 g/mol. The minimum absolute atomic E-state index is 0.529. The van der Waals surface area contributed by atoms with Crippen LogP contribution >= 0.6 is 0 Å². The molecular formula is C12H16. The molecule has 1 fully saturated rings. The van der Waals surface area contributed by atoms with Crippen LogP contribution in [-0.4, -0.2) is 0 Å². The zero-order chi connectivity index (χ0) is 8.77. The molecule has 0 heteroatoms. The minimum Gasteiger partial charge on any atom is -0.0622 e. The molecule has 1 aromatic rings. The van der Waals surface area contributed by atoms with E-state index < -0.39 is 0 Å². The molecule has 0 amide bonds. The summed E-state index contributed by atoms with van der Waals surface area (Å²) >= 11 is 0. The van der Waals surface area contributed by atoms with Crippen molar-refractivity contribution in [1.82, 2.24) is 0 Å². The lowest BCUT2D eigenvalue weighted by Gasteiger charge is -2.01. The molecule has 2 rings (SSSR count). The number of benzene rings is 1. The molecule has 0 nitrogen and oxygen atoms in total. The molecule has 0 aliphatic heterocycles. The molecule has 0 heterocycles. The highest BCUT2D eigenvalue weighted by Crippen LogP contribution is 2.63. The smallest absolute Gasteiger partial charge is 0.00768 e. The second-order valence-corrected chi connectivity index (χ2v) is 4.50. The summed E-state index contributed by atoms with van der Waals surface area (Å²) < 4.78 is 0. The van der Waals surface area contributed by atoms with Crippen LogP contribution in [0, 0.1) is 11.3 Å². The second-order valence-electron chi connectivity index (χ2n) is 4.50. The van der Waals surface area contributed by atoms with Gasteiger partial charge in [0.25, 0.3) is 0 Å². The third kappa shape index (κ3) is 0.979. The molecule has 0 spiro atoms. The molecule has 1 aromatic carbocycles. The fraction of sp³-hybridized carbons (Fsp3) is 0.500. The normalized spacial score (nSPS) is 31.6. The molecule has 0 bridgehead atoms. The van der Waals surface area contributed by atoms with Gasteiger partial charge in [0.15, 0.2) is 0 Å². The van der Waals surface area contributed by atoms with E-state index in [0.29, 0.717) is 5.41 Å². The fourth-order valence-electron chi connectivity index (χ4n) is 2.27. The predicted octanol–water partition coefficient (Wildman–Crippen LogP) is 3.45. The van der Waals surface area contributed by atoms with Crippen molar-refractivity contribution in [2.75, 3.05) is 0 Å². The van der Waals surface area contributed by atoms with Crippen molar-refractivity contribution < 1.29 is 0 Å². The van der Waals surface area contributed by atoms with Crippen molar-refractivity contribution in [3.8, 4) is 0 Å². The number of rotatable bonds is 1. The Morgan fingerprint density at radius 3 is 2.00 bits per heavy atom. The standard InChI is InChI=1S/C12H16/c1-9-11(12(9,2)3)10-7-5-4-6-8-10/h4-9,11H,1-3H3/t9-,11+/m0/s1. The van der Waals surface area contributed by atoms with Crippen LogP contribution in [0.3, 0.4) is 0 Å². The summed E-state index contributed by atoms with van der Waals surface area (Å²) in [6.45, 7) is 7.06. The molecule has 1 aliphatic carbocycles. The first-order valence-electron chi connectivity index (χ1n) is 4.69. The van der Waals surface area contributed by atoms with E-state index in [9.17, 15) is 0 Å².